The van der Waals surface area contributed by atoms with Gasteiger partial charge in [0, 0.05) is 5.56 Å². The van der Waals surface area contributed by atoms with Crippen LogP contribution in [0.15, 0.2) is 65.2 Å². The summed E-state index contributed by atoms with van der Waals surface area (Å²) in [7, 11) is 0. The SMILES string of the molecule is CCOc1ccccc1NC(=O)COC(=O)c1cc(-c2ccccc2)nc2onc(C)c12. The lowest BCUT2D eigenvalue weighted by Crippen LogP contribution is -2.21. The second-order valence-electron chi connectivity index (χ2n) is 6.92. The molecule has 0 saturated carbocycles. The molecule has 0 aliphatic carbocycles. The molecule has 0 fully saturated rings. The Labute approximate surface area is 184 Å². The molecule has 32 heavy (non-hydrogen) atoms. The summed E-state index contributed by atoms with van der Waals surface area (Å²) in [6.45, 7) is 3.56. The minimum Gasteiger partial charge on any atom is -0.492 e. The molecule has 0 saturated heterocycles. The van der Waals surface area contributed by atoms with E-state index in [9.17, 15) is 9.59 Å². The molecule has 162 valence electrons. The molecule has 0 aliphatic heterocycles. The minimum atomic E-state index is -0.672. The molecule has 0 atom stereocenters. The average Bonchev–Trinajstić information content (AvgIpc) is 3.19. The number of para-hydroxylation sites is 2. The summed E-state index contributed by atoms with van der Waals surface area (Å²) in [5.41, 5.74) is 2.82. The molecule has 0 radical (unpaired) electrons. The van der Waals surface area contributed by atoms with Gasteiger partial charge in [0.2, 0.25) is 0 Å². The molecule has 0 unspecified atom stereocenters. The van der Waals surface area contributed by atoms with E-state index in [1.807, 2.05) is 37.3 Å². The molecule has 4 rings (SSSR count). The Morgan fingerprint density at radius 2 is 1.81 bits per heavy atom. The van der Waals surface area contributed by atoms with E-state index in [-0.39, 0.29) is 11.3 Å². The standard InChI is InChI=1S/C24H21N3O5/c1-3-30-20-12-8-7-11-18(20)25-21(28)14-31-24(29)17-13-19(16-9-5-4-6-10-16)26-23-22(17)15(2)27-32-23/h4-13H,3,14H2,1-2H3,(H,25,28). The van der Waals surface area contributed by atoms with Crippen LogP contribution in [0.1, 0.15) is 23.0 Å². The summed E-state index contributed by atoms with van der Waals surface area (Å²) in [5.74, 6) is -0.617. The average molecular weight is 431 g/mol. The van der Waals surface area contributed by atoms with Gasteiger partial charge in [-0.15, -0.1) is 0 Å². The van der Waals surface area contributed by atoms with Crippen molar-refractivity contribution in [2.45, 2.75) is 13.8 Å². The third-order valence-corrected chi connectivity index (χ3v) is 4.70. The van der Waals surface area contributed by atoms with Gasteiger partial charge in [0.05, 0.1) is 34.6 Å². The van der Waals surface area contributed by atoms with Gasteiger partial charge in [0.25, 0.3) is 11.6 Å². The van der Waals surface area contributed by atoms with Gasteiger partial charge in [-0.05, 0) is 32.0 Å². The van der Waals surface area contributed by atoms with E-state index in [0.717, 1.165) is 5.56 Å². The number of benzene rings is 2. The second-order valence-corrected chi connectivity index (χ2v) is 6.92. The highest BCUT2D eigenvalue weighted by atomic mass is 16.5. The van der Waals surface area contributed by atoms with Crippen molar-refractivity contribution in [2.75, 3.05) is 18.5 Å². The summed E-state index contributed by atoms with van der Waals surface area (Å²) < 4.78 is 16.1. The summed E-state index contributed by atoms with van der Waals surface area (Å²) in [4.78, 5) is 29.7. The van der Waals surface area contributed by atoms with Gasteiger partial charge in [-0.2, -0.15) is 0 Å². The van der Waals surface area contributed by atoms with Crippen LogP contribution in [0.2, 0.25) is 0 Å². The zero-order chi connectivity index (χ0) is 22.5. The van der Waals surface area contributed by atoms with Gasteiger partial charge < -0.3 is 19.3 Å². The lowest BCUT2D eigenvalue weighted by Gasteiger charge is -2.11. The van der Waals surface area contributed by atoms with Gasteiger partial charge in [-0.3, -0.25) is 4.79 Å². The highest BCUT2D eigenvalue weighted by molar-refractivity contribution is 6.05. The van der Waals surface area contributed by atoms with Gasteiger partial charge in [0.1, 0.15) is 5.75 Å². The Morgan fingerprint density at radius 3 is 2.59 bits per heavy atom. The Kier molecular flexibility index (Phi) is 6.12. The van der Waals surface area contributed by atoms with Crippen LogP contribution in [0.25, 0.3) is 22.4 Å². The Balaban J connectivity index is 1.54. The van der Waals surface area contributed by atoms with E-state index in [1.165, 1.54) is 0 Å². The van der Waals surface area contributed by atoms with E-state index in [4.69, 9.17) is 14.0 Å². The van der Waals surface area contributed by atoms with Crippen molar-refractivity contribution in [1.29, 1.82) is 0 Å². The topological polar surface area (TPSA) is 104 Å². The molecule has 0 bridgehead atoms. The highest BCUT2D eigenvalue weighted by Crippen LogP contribution is 2.28. The van der Waals surface area contributed by atoms with Crippen LogP contribution < -0.4 is 10.1 Å². The van der Waals surface area contributed by atoms with Crippen LogP contribution in [0.4, 0.5) is 5.69 Å². The molecule has 0 aliphatic rings. The van der Waals surface area contributed by atoms with Crippen molar-refractivity contribution < 1.29 is 23.6 Å². The zero-order valence-electron chi connectivity index (χ0n) is 17.6. The van der Waals surface area contributed by atoms with E-state index in [1.54, 1.807) is 37.3 Å². The molecular formula is C24H21N3O5. The number of rotatable bonds is 7. The van der Waals surface area contributed by atoms with Crippen LogP contribution in [0.3, 0.4) is 0 Å². The number of ether oxygens (including phenoxy) is 2. The van der Waals surface area contributed by atoms with Crippen LogP contribution in [0, 0.1) is 6.92 Å². The predicted octanol–water partition coefficient (Wildman–Crippen LogP) is 4.39. The predicted molar refractivity (Wildman–Crippen MR) is 119 cm³/mol. The monoisotopic (exact) mass is 431 g/mol. The number of aryl methyl sites for hydroxylation is 1. The Morgan fingerprint density at radius 1 is 1.06 bits per heavy atom. The van der Waals surface area contributed by atoms with Crippen molar-refractivity contribution in [3.63, 3.8) is 0 Å². The van der Waals surface area contributed by atoms with Crippen LogP contribution in [-0.4, -0.2) is 35.2 Å². The fraction of sp³-hybridized carbons (Fsp3) is 0.167. The number of aromatic nitrogens is 2. The first kappa shape index (κ1) is 21.0. The highest BCUT2D eigenvalue weighted by Gasteiger charge is 2.21. The molecule has 0 spiro atoms. The normalized spacial score (nSPS) is 10.7. The van der Waals surface area contributed by atoms with Crippen molar-refractivity contribution >= 4 is 28.7 Å². The van der Waals surface area contributed by atoms with Gasteiger partial charge in [-0.1, -0.05) is 47.6 Å². The maximum atomic E-state index is 12.9. The number of anilines is 1. The van der Waals surface area contributed by atoms with Crippen molar-refractivity contribution in [3.8, 4) is 17.0 Å². The minimum absolute atomic E-state index is 0.228. The van der Waals surface area contributed by atoms with Crippen LogP contribution in [0.5, 0.6) is 5.75 Å². The summed E-state index contributed by atoms with van der Waals surface area (Å²) in [6, 6.07) is 18.0. The largest absolute Gasteiger partial charge is 0.492 e. The first-order valence-electron chi connectivity index (χ1n) is 10.1. The van der Waals surface area contributed by atoms with Gasteiger partial charge in [-0.25, -0.2) is 9.78 Å². The number of amides is 1. The summed E-state index contributed by atoms with van der Waals surface area (Å²) >= 11 is 0. The molecule has 4 aromatic rings. The molecule has 2 aromatic carbocycles. The molecule has 2 aromatic heterocycles. The molecule has 8 heteroatoms. The Hall–Kier alpha value is -4.20. The number of nitrogens with one attached hydrogen (secondary N) is 1. The number of fused-ring (bicyclic) bond motifs is 1. The van der Waals surface area contributed by atoms with E-state index in [2.05, 4.69) is 15.5 Å². The smallest absolute Gasteiger partial charge is 0.339 e. The maximum Gasteiger partial charge on any atom is 0.339 e. The third-order valence-electron chi connectivity index (χ3n) is 4.70. The molecule has 1 amide bonds. The lowest BCUT2D eigenvalue weighted by molar-refractivity contribution is -0.119. The number of hydrogen-bond donors (Lipinski definition) is 1. The number of esters is 1. The fourth-order valence-electron chi connectivity index (χ4n) is 3.26. The summed E-state index contributed by atoms with van der Waals surface area (Å²) in [6.07, 6.45) is 0. The molecular weight excluding hydrogens is 410 g/mol. The Bertz CT molecular complexity index is 1270. The number of pyridine rings is 1. The van der Waals surface area contributed by atoms with E-state index in [0.29, 0.717) is 34.8 Å². The van der Waals surface area contributed by atoms with Crippen molar-refractivity contribution in [1.82, 2.24) is 10.1 Å². The number of carbonyl (C=O) groups excluding carboxylic acids is 2. The maximum absolute atomic E-state index is 12.9. The van der Waals surface area contributed by atoms with Crippen molar-refractivity contribution in [2.24, 2.45) is 0 Å². The fourth-order valence-corrected chi connectivity index (χ4v) is 3.26. The van der Waals surface area contributed by atoms with Crippen molar-refractivity contribution in [3.05, 3.63) is 71.9 Å². The summed E-state index contributed by atoms with van der Waals surface area (Å²) in [5, 5.41) is 7.07. The number of carbonyl (C=O) groups is 2. The van der Waals surface area contributed by atoms with E-state index >= 15 is 0 Å². The van der Waals surface area contributed by atoms with Gasteiger partial charge in [0.15, 0.2) is 6.61 Å². The molecule has 1 N–H and O–H groups in total. The quantitative estimate of drug-likeness (QED) is 0.433. The first-order valence-corrected chi connectivity index (χ1v) is 10.1. The first-order chi connectivity index (χ1) is 15.6. The second kappa shape index (κ2) is 9.30. The molecule has 8 nitrogen and oxygen atoms in total. The van der Waals surface area contributed by atoms with Gasteiger partial charge >= 0.3 is 5.97 Å². The van der Waals surface area contributed by atoms with Crippen LogP contribution >= 0.6 is 0 Å². The lowest BCUT2D eigenvalue weighted by atomic mass is 10.1. The zero-order valence-corrected chi connectivity index (χ0v) is 17.6. The van der Waals surface area contributed by atoms with E-state index < -0.39 is 18.5 Å². The molecule has 2 heterocycles. The number of hydrogen-bond acceptors (Lipinski definition) is 7. The third kappa shape index (κ3) is 4.44. The number of nitrogens with zero attached hydrogens (tertiary/aromatic N) is 2. The van der Waals surface area contributed by atoms with Crippen LogP contribution in [-0.2, 0) is 9.53 Å².